The average molecular weight is 407 g/mol. The fraction of sp³-hybridized carbons (Fsp3) is 0.737. The van der Waals surface area contributed by atoms with Crippen molar-refractivity contribution >= 4 is 28.6 Å². The molecule has 0 amide bonds. The van der Waals surface area contributed by atoms with E-state index in [0.29, 0.717) is 13.2 Å². The van der Waals surface area contributed by atoms with Crippen LogP contribution in [-0.2, 0) is 23.1 Å². The summed E-state index contributed by atoms with van der Waals surface area (Å²) in [6, 6.07) is 0. The zero-order valence-electron chi connectivity index (χ0n) is 16.4. The lowest BCUT2D eigenvalue weighted by Gasteiger charge is -2.38. The highest BCUT2D eigenvalue weighted by Gasteiger charge is 2.38. The van der Waals surface area contributed by atoms with Crippen molar-refractivity contribution in [2.75, 3.05) is 50.9 Å². The van der Waals surface area contributed by atoms with E-state index in [2.05, 4.69) is 24.3 Å². The minimum atomic E-state index is 0.144. The SMILES string of the molecule is Cn1c(CN2CCC3(CCCO3)CC2)nc2c(N3CCOCC3)nc(Cl)nc21. The van der Waals surface area contributed by atoms with Crippen LogP contribution in [0.15, 0.2) is 0 Å². The third-order valence-electron chi connectivity index (χ3n) is 6.39. The molecule has 2 aromatic heterocycles. The van der Waals surface area contributed by atoms with Crippen LogP contribution >= 0.6 is 11.6 Å². The van der Waals surface area contributed by atoms with Crippen molar-refractivity contribution in [3.8, 4) is 0 Å². The number of fused-ring (bicyclic) bond motifs is 1. The molecule has 5 heterocycles. The number of hydrogen-bond acceptors (Lipinski definition) is 7. The molecule has 9 heteroatoms. The Balaban J connectivity index is 1.39. The van der Waals surface area contributed by atoms with Gasteiger partial charge < -0.3 is 18.9 Å². The first-order valence-electron chi connectivity index (χ1n) is 10.2. The van der Waals surface area contributed by atoms with Crippen molar-refractivity contribution in [2.24, 2.45) is 7.05 Å². The van der Waals surface area contributed by atoms with Crippen molar-refractivity contribution in [1.82, 2.24) is 24.4 Å². The van der Waals surface area contributed by atoms with Gasteiger partial charge in [0.05, 0.1) is 25.4 Å². The summed E-state index contributed by atoms with van der Waals surface area (Å²) in [5.41, 5.74) is 1.77. The Morgan fingerprint density at radius 2 is 1.79 bits per heavy atom. The predicted octanol–water partition coefficient (Wildman–Crippen LogP) is 2.00. The van der Waals surface area contributed by atoms with E-state index in [0.717, 1.165) is 75.0 Å². The van der Waals surface area contributed by atoms with Crippen LogP contribution in [0.3, 0.4) is 0 Å². The van der Waals surface area contributed by atoms with Crippen LogP contribution < -0.4 is 4.90 Å². The Morgan fingerprint density at radius 1 is 1.00 bits per heavy atom. The fourth-order valence-corrected chi connectivity index (χ4v) is 4.83. The molecule has 3 aliphatic heterocycles. The molecule has 3 saturated heterocycles. The van der Waals surface area contributed by atoms with Gasteiger partial charge >= 0.3 is 0 Å². The maximum atomic E-state index is 6.24. The number of imidazole rings is 1. The minimum Gasteiger partial charge on any atom is -0.378 e. The molecule has 8 nitrogen and oxygen atoms in total. The van der Waals surface area contributed by atoms with Gasteiger partial charge in [0.2, 0.25) is 5.28 Å². The Labute approximate surface area is 169 Å². The maximum absolute atomic E-state index is 6.24. The number of piperidine rings is 1. The van der Waals surface area contributed by atoms with E-state index in [9.17, 15) is 0 Å². The highest BCUT2D eigenvalue weighted by atomic mass is 35.5. The lowest BCUT2D eigenvalue weighted by molar-refractivity contribution is -0.0452. The van der Waals surface area contributed by atoms with Gasteiger partial charge in [0.1, 0.15) is 5.82 Å². The lowest BCUT2D eigenvalue weighted by Crippen LogP contribution is -2.43. The molecule has 1 spiro atoms. The maximum Gasteiger partial charge on any atom is 0.226 e. The first kappa shape index (κ1) is 18.5. The van der Waals surface area contributed by atoms with Gasteiger partial charge in [-0.25, -0.2) is 4.98 Å². The number of likely N-dealkylation sites (tertiary alicyclic amines) is 1. The normalized spacial score (nSPS) is 23.1. The summed E-state index contributed by atoms with van der Waals surface area (Å²) < 4.78 is 13.6. The predicted molar refractivity (Wildman–Crippen MR) is 107 cm³/mol. The summed E-state index contributed by atoms with van der Waals surface area (Å²) in [5, 5.41) is 0.266. The van der Waals surface area contributed by atoms with Gasteiger partial charge in [0.15, 0.2) is 17.0 Å². The van der Waals surface area contributed by atoms with Gasteiger partial charge in [0, 0.05) is 39.8 Å². The fourth-order valence-electron chi connectivity index (χ4n) is 4.67. The van der Waals surface area contributed by atoms with Gasteiger partial charge in [0.25, 0.3) is 0 Å². The Kier molecular flexibility index (Phi) is 4.90. The number of rotatable bonds is 3. The van der Waals surface area contributed by atoms with E-state index in [1.165, 1.54) is 12.8 Å². The van der Waals surface area contributed by atoms with Crippen LogP contribution in [0, 0.1) is 0 Å². The van der Waals surface area contributed by atoms with Crippen LogP contribution in [0.2, 0.25) is 5.28 Å². The zero-order chi connectivity index (χ0) is 19.1. The molecule has 0 aliphatic carbocycles. The number of ether oxygens (including phenoxy) is 2. The second kappa shape index (κ2) is 7.40. The number of halogens is 1. The summed E-state index contributed by atoms with van der Waals surface area (Å²) in [6.45, 7) is 6.81. The molecule has 2 aromatic rings. The Morgan fingerprint density at radius 3 is 2.50 bits per heavy atom. The molecule has 0 aromatic carbocycles. The van der Waals surface area contributed by atoms with Gasteiger partial charge in [-0.1, -0.05) is 0 Å². The third-order valence-corrected chi connectivity index (χ3v) is 6.56. The monoisotopic (exact) mass is 406 g/mol. The Hall–Kier alpha value is -1.48. The summed E-state index contributed by atoms with van der Waals surface area (Å²) in [7, 11) is 2.02. The van der Waals surface area contributed by atoms with Crippen molar-refractivity contribution in [3.05, 3.63) is 11.1 Å². The van der Waals surface area contributed by atoms with Crippen LogP contribution in [0.5, 0.6) is 0 Å². The van der Waals surface area contributed by atoms with E-state index >= 15 is 0 Å². The molecule has 0 bridgehead atoms. The number of hydrogen-bond donors (Lipinski definition) is 0. The summed E-state index contributed by atoms with van der Waals surface area (Å²) in [5.74, 6) is 1.82. The molecular weight excluding hydrogens is 380 g/mol. The molecule has 0 unspecified atom stereocenters. The summed E-state index contributed by atoms with van der Waals surface area (Å²) >= 11 is 6.24. The smallest absolute Gasteiger partial charge is 0.226 e. The van der Waals surface area contributed by atoms with Crippen molar-refractivity contribution in [1.29, 1.82) is 0 Å². The molecule has 3 aliphatic rings. The van der Waals surface area contributed by atoms with Gasteiger partial charge in [-0.15, -0.1) is 0 Å². The van der Waals surface area contributed by atoms with Crippen LogP contribution in [0.25, 0.3) is 11.2 Å². The first-order valence-corrected chi connectivity index (χ1v) is 10.6. The van der Waals surface area contributed by atoms with Crippen LogP contribution in [0.1, 0.15) is 31.5 Å². The summed E-state index contributed by atoms with van der Waals surface area (Å²) in [6.07, 6.45) is 4.64. The van der Waals surface area contributed by atoms with Crippen molar-refractivity contribution in [3.63, 3.8) is 0 Å². The average Bonchev–Trinajstić information content (AvgIpc) is 3.30. The minimum absolute atomic E-state index is 0.144. The highest BCUT2D eigenvalue weighted by molar-refractivity contribution is 6.28. The lowest BCUT2D eigenvalue weighted by atomic mass is 9.89. The highest BCUT2D eigenvalue weighted by Crippen LogP contribution is 2.36. The topological polar surface area (TPSA) is 68.5 Å². The van der Waals surface area contributed by atoms with E-state index in [1.54, 1.807) is 0 Å². The van der Waals surface area contributed by atoms with Crippen LogP contribution in [0.4, 0.5) is 5.82 Å². The second-order valence-electron chi connectivity index (χ2n) is 8.09. The molecule has 0 radical (unpaired) electrons. The van der Waals surface area contributed by atoms with E-state index in [4.69, 9.17) is 26.1 Å². The van der Waals surface area contributed by atoms with E-state index < -0.39 is 0 Å². The molecule has 28 heavy (non-hydrogen) atoms. The Bertz CT molecular complexity index is 850. The van der Waals surface area contributed by atoms with Gasteiger partial charge in [-0.3, -0.25) is 4.90 Å². The number of aryl methyl sites for hydroxylation is 1. The molecule has 5 rings (SSSR count). The molecule has 0 saturated carbocycles. The van der Waals surface area contributed by atoms with Gasteiger partial charge in [-0.2, -0.15) is 9.97 Å². The van der Waals surface area contributed by atoms with E-state index in [-0.39, 0.29) is 10.9 Å². The number of nitrogens with zero attached hydrogens (tertiary/aromatic N) is 6. The zero-order valence-corrected chi connectivity index (χ0v) is 17.1. The molecule has 0 atom stereocenters. The van der Waals surface area contributed by atoms with Crippen LogP contribution in [-0.4, -0.2) is 76.0 Å². The molecule has 3 fully saturated rings. The molecular formula is C19H27ClN6O2. The largest absolute Gasteiger partial charge is 0.378 e. The van der Waals surface area contributed by atoms with Gasteiger partial charge in [-0.05, 0) is 37.3 Å². The van der Waals surface area contributed by atoms with Crippen molar-refractivity contribution in [2.45, 2.75) is 37.8 Å². The summed E-state index contributed by atoms with van der Waals surface area (Å²) in [4.78, 5) is 18.6. The number of aromatic nitrogens is 4. The second-order valence-corrected chi connectivity index (χ2v) is 8.42. The van der Waals surface area contributed by atoms with E-state index in [1.807, 2.05) is 7.05 Å². The quantitative estimate of drug-likeness (QED) is 0.722. The first-order chi connectivity index (χ1) is 13.6. The molecule has 0 N–H and O–H groups in total. The van der Waals surface area contributed by atoms with Crippen molar-refractivity contribution < 1.29 is 9.47 Å². The third kappa shape index (κ3) is 3.36. The number of morpholine rings is 1. The number of anilines is 1. The molecule has 152 valence electrons. The standard InChI is InChI=1S/C19H27ClN6O2/c1-24-14(13-25-6-4-19(5-7-25)3-2-10-28-19)21-15-16(24)22-18(20)23-17(15)26-8-11-27-12-9-26/h2-13H2,1H3.